The quantitative estimate of drug-likeness (QED) is 0.0552. The molecule has 3 amide bonds. The van der Waals surface area contributed by atoms with Gasteiger partial charge in [-0.1, -0.05) is 44.9 Å². The normalized spacial score (nSPS) is 19.9. The van der Waals surface area contributed by atoms with Crippen molar-refractivity contribution in [2.24, 2.45) is 5.92 Å². The van der Waals surface area contributed by atoms with Gasteiger partial charge in [-0.2, -0.15) is 12.7 Å². The van der Waals surface area contributed by atoms with Gasteiger partial charge in [0, 0.05) is 60.6 Å². The third-order valence-corrected chi connectivity index (χ3v) is 14.0. The highest BCUT2D eigenvalue weighted by Crippen LogP contribution is 2.45. The van der Waals surface area contributed by atoms with E-state index in [0.717, 1.165) is 40.5 Å². The Kier molecular flexibility index (Phi) is 15.4. The van der Waals surface area contributed by atoms with Crippen LogP contribution in [0.25, 0.3) is 21.6 Å². The van der Waals surface area contributed by atoms with Crippen LogP contribution in [0.5, 0.6) is 17.2 Å². The number of methoxy groups -OCH3 is 1. The fourth-order valence-electron chi connectivity index (χ4n) is 7.92. The second-order valence-corrected chi connectivity index (χ2v) is 19.7. The number of nitrogens with one attached hydrogen (secondary N) is 3. The predicted octanol–water partition coefficient (Wildman–Crippen LogP) is 7.65. The van der Waals surface area contributed by atoms with Gasteiger partial charge in [0.25, 0.3) is 5.91 Å². The van der Waals surface area contributed by atoms with Gasteiger partial charge in [-0.25, -0.2) is 14.7 Å². The summed E-state index contributed by atoms with van der Waals surface area (Å²) in [5.74, 6) is -2.22. The Labute approximate surface area is 387 Å². The Morgan fingerprint density at radius 1 is 1.08 bits per heavy atom. The fourth-order valence-corrected chi connectivity index (χ4v) is 9.46. The van der Waals surface area contributed by atoms with Crippen LogP contribution in [0.15, 0.2) is 73.2 Å². The number of thiazole rings is 1. The second-order valence-electron chi connectivity index (χ2n) is 16.9. The number of hydrogen-bond donors (Lipinski definition) is 3. The van der Waals surface area contributed by atoms with Crippen molar-refractivity contribution >= 4 is 55.9 Å². The van der Waals surface area contributed by atoms with Gasteiger partial charge in [0.1, 0.15) is 51.7 Å². The van der Waals surface area contributed by atoms with Crippen LogP contribution < -0.4 is 29.6 Å². The topological polar surface area (TPSA) is 181 Å². The highest BCUT2D eigenvalue weighted by atomic mass is 32.2. The molecule has 1 saturated heterocycles. The van der Waals surface area contributed by atoms with E-state index in [2.05, 4.69) is 28.5 Å². The summed E-state index contributed by atoms with van der Waals surface area (Å²) in [6.45, 7) is 13.4. The third-order valence-electron chi connectivity index (χ3n) is 11.7. The SMILES string of the molecule is C=CCCCCC[C@H](Nc1cccc(OC(F)(F)F)c1)C(=O)N1C[C@H](Oc2cc(-c3nc(C(C)C)cs3)nc3c(C)c(OC)ccc23)C[C@H]1C(=O)N[C@]1(C(=O)NS(=O)(=O)N(C)C)C[C@H]1C=C. The number of rotatable bonds is 21. The smallest absolute Gasteiger partial charge is 0.496 e. The van der Waals surface area contributed by atoms with Gasteiger partial charge in [0.05, 0.1) is 24.9 Å². The molecule has 2 aromatic carbocycles. The molecule has 0 spiro atoms. The van der Waals surface area contributed by atoms with Crippen LogP contribution in [0.1, 0.15) is 76.0 Å². The first-order valence-corrected chi connectivity index (χ1v) is 23.9. The average molecular weight is 956 g/mol. The number of halogens is 3. The molecule has 0 radical (unpaired) electrons. The Morgan fingerprint density at radius 3 is 2.47 bits per heavy atom. The van der Waals surface area contributed by atoms with E-state index in [1.54, 1.807) is 25.3 Å². The largest absolute Gasteiger partial charge is 0.573 e. The molecule has 66 heavy (non-hydrogen) atoms. The maximum Gasteiger partial charge on any atom is 0.573 e. The number of nitrogens with zero attached hydrogens (tertiary/aromatic N) is 4. The average Bonchev–Trinajstić information content (AvgIpc) is 3.52. The number of pyridine rings is 1. The van der Waals surface area contributed by atoms with Crippen molar-refractivity contribution < 1.29 is 50.2 Å². The molecule has 6 rings (SSSR count). The van der Waals surface area contributed by atoms with Gasteiger partial charge in [-0.3, -0.25) is 14.4 Å². The zero-order valence-corrected chi connectivity index (χ0v) is 39.4. The molecule has 20 heteroatoms. The number of fused-ring (bicyclic) bond motifs is 1. The zero-order valence-electron chi connectivity index (χ0n) is 37.7. The Hall–Kier alpha value is -5.73. The molecule has 1 aliphatic heterocycles. The van der Waals surface area contributed by atoms with E-state index < -0.39 is 69.7 Å². The summed E-state index contributed by atoms with van der Waals surface area (Å²) in [6, 6.07) is 8.21. The highest BCUT2D eigenvalue weighted by Gasteiger charge is 2.61. The van der Waals surface area contributed by atoms with Crippen molar-refractivity contribution in [3.05, 3.63) is 84.4 Å². The number of benzene rings is 2. The molecule has 2 aromatic heterocycles. The van der Waals surface area contributed by atoms with Gasteiger partial charge < -0.3 is 29.7 Å². The second kappa shape index (κ2) is 20.4. The first-order chi connectivity index (χ1) is 31.2. The minimum absolute atomic E-state index is 0.0483. The number of alkyl halides is 3. The number of carbonyl (C=O) groups excluding carboxylic acids is 3. The molecule has 3 N–H and O–H groups in total. The maximum absolute atomic E-state index is 15.0. The summed E-state index contributed by atoms with van der Waals surface area (Å²) < 4.78 is 84.6. The summed E-state index contributed by atoms with van der Waals surface area (Å²) in [5.41, 5.74) is 1.24. The molecule has 2 fully saturated rings. The van der Waals surface area contributed by atoms with Crippen LogP contribution in [-0.4, -0.2) is 103 Å². The van der Waals surface area contributed by atoms with E-state index >= 15 is 4.79 Å². The number of amides is 3. The molecule has 1 saturated carbocycles. The number of allylic oxidation sites excluding steroid dienone is 1. The van der Waals surface area contributed by atoms with E-state index in [4.69, 9.17) is 19.4 Å². The molecular formula is C46H56F3N7O8S2. The van der Waals surface area contributed by atoms with Crippen LogP contribution in [0.3, 0.4) is 0 Å². The predicted molar refractivity (Wildman–Crippen MR) is 247 cm³/mol. The van der Waals surface area contributed by atoms with Crippen molar-refractivity contribution in [3.63, 3.8) is 0 Å². The summed E-state index contributed by atoms with van der Waals surface area (Å²) in [7, 11) is -0.200. The van der Waals surface area contributed by atoms with E-state index in [1.165, 1.54) is 48.5 Å². The molecular weight excluding hydrogens is 900 g/mol. The lowest BCUT2D eigenvalue weighted by Gasteiger charge is -2.30. The number of aryl methyl sites for hydroxylation is 1. The number of unbranched alkanes of at least 4 members (excludes halogenated alkanes) is 3. The Balaban J connectivity index is 1.39. The number of carbonyl (C=O) groups is 3. The highest BCUT2D eigenvalue weighted by molar-refractivity contribution is 7.87. The van der Waals surface area contributed by atoms with Crippen molar-refractivity contribution in [2.75, 3.05) is 33.1 Å². The molecule has 0 bridgehead atoms. The van der Waals surface area contributed by atoms with Gasteiger partial charge in [0.15, 0.2) is 0 Å². The molecule has 1 aliphatic carbocycles. The summed E-state index contributed by atoms with van der Waals surface area (Å²) >= 11 is 1.43. The number of likely N-dealkylation sites (tertiary alicyclic amines) is 1. The van der Waals surface area contributed by atoms with Crippen LogP contribution >= 0.6 is 11.3 Å². The summed E-state index contributed by atoms with van der Waals surface area (Å²) in [4.78, 5) is 54.5. The standard InChI is InChI=1S/C46H56F3N7O8S2/c1-9-11-12-13-14-18-34(50-30-16-15-17-31(21-30)64-46(47,48)49)43(58)56-25-32(22-37(56)41(57)53-45(24-29(45)10-2)44(59)54-66(60,61)55(6)7)63-39-23-35(42-52-36(26-65-42)27(3)4)51-40-28(5)38(62-8)20-19-33(39)40/h9-10,15-17,19-21,23,26-27,29,32,34,37,50H,1-2,11-14,18,22,24-25H2,3-8H3,(H,53,57)(H,54,59)/t29-,32-,34+,37+,45-/m1/s1. The molecule has 5 atom stereocenters. The lowest BCUT2D eigenvalue weighted by Crippen LogP contribution is -2.58. The van der Waals surface area contributed by atoms with Crippen LogP contribution in [0.2, 0.25) is 0 Å². The molecule has 3 heterocycles. The monoisotopic (exact) mass is 955 g/mol. The Bertz CT molecular complexity index is 2570. The molecule has 0 unspecified atom stereocenters. The van der Waals surface area contributed by atoms with Crippen molar-refractivity contribution in [2.45, 2.75) is 102 Å². The van der Waals surface area contributed by atoms with Crippen LogP contribution in [0.4, 0.5) is 18.9 Å². The number of hydrogen-bond acceptors (Lipinski definition) is 12. The molecule has 15 nitrogen and oxygen atoms in total. The minimum Gasteiger partial charge on any atom is -0.496 e. The number of aromatic nitrogens is 2. The van der Waals surface area contributed by atoms with Gasteiger partial charge in [-0.05, 0) is 62.8 Å². The molecule has 356 valence electrons. The van der Waals surface area contributed by atoms with Crippen LogP contribution in [0, 0.1) is 12.8 Å². The number of anilines is 1. The summed E-state index contributed by atoms with van der Waals surface area (Å²) in [6.07, 6.45) is 0.451. The van der Waals surface area contributed by atoms with Gasteiger partial charge in [-0.15, -0.1) is 37.7 Å². The van der Waals surface area contributed by atoms with Crippen molar-refractivity contribution in [1.29, 1.82) is 0 Å². The van der Waals surface area contributed by atoms with E-state index in [-0.39, 0.29) is 37.4 Å². The third kappa shape index (κ3) is 11.4. The van der Waals surface area contributed by atoms with Crippen LogP contribution in [-0.2, 0) is 24.6 Å². The van der Waals surface area contributed by atoms with E-state index in [0.29, 0.717) is 45.9 Å². The first-order valence-electron chi connectivity index (χ1n) is 21.5. The maximum atomic E-state index is 15.0. The zero-order chi connectivity index (χ0) is 48.1. The van der Waals surface area contributed by atoms with E-state index in [1.807, 2.05) is 36.9 Å². The van der Waals surface area contributed by atoms with Gasteiger partial charge >= 0.3 is 16.6 Å². The summed E-state index contributed by atoms with van der Waals surface area (Å²) in [5, 5.41) is 9.13. The lowest BCUT2D eigenvalue weighted by molar-refractivity contribution is -0.274. The fraction of sp³-hybridized carbons (Fsp3) is 0.457. The first kappa shape index (κ1) is 49.7. The Morgan fingerprint density at radius 2 is 1.83 bits per heavy atom. The lowest BCUT2D eigenvalue weighted by atomic mass is 10.0. The van der Waals surface area contributed by atoms with Crippen molar-refractivity contribution in [1.82, 2.24) is 29.2 Å². The van der Waals surface area contributed by atoms with Gasteiger partial charge in [0.2, 0.25) is 11.8 Å². The minimum atomic E-state index is -4.95. The molecule has 2 aliphatic rings. The molecule has 4 aromatic rings. The number of ether oxygens (including phenoxy) is 3. The van der Waals surface area contributed by atoms with Crippen molar-refractivity contribution in [3.8, 4) is 28.0 Å². The van der Waals surface area contributed by atoms with E-state index in [9.17, 15) is 31.2 Å².